The lowest BCUT2D eigenvalue weighted by Gasteiger charge is -2.38. The topological polar surface area (TPSA) is 85.1 Å². The molecule has 1 amide bonds. The highest BCUT2D eigenvalue weighted by molar-refractivity contribution is 5.94. The van der Waals surface area contributed by atoms with Crippen molar-refractivity contribution in [2.45, 2.75) is 13.0 Å². The van der Waals surface area contributed by atoms with Crippen LogP contribution < -0.4 is 5.56 Å². The predicted octanol–water partition coefficient (Wildman–Crippen LogP) is 0.535. The van der Waals surface area contributed by atoms with Crippen LogP contribution in [-0.4, -0.2) is 57.3 Å². The average Bonchev–Trinajstić information content (AvgIpc) is 3.00. The van der Waals surface area contributed by atoms with Crippen LogP contribution in [-0.2, 0) is 0 Å². The Hall–Kier alpha value is -2.41. The van der Waals surface area contributed by atoms with Crippen LogP contribution in [0.25, 0.3) is 0 Å². The summed E-state index contributed by atoms with van der Waals surface area (Å²) < 4.78 is 0. The molecule has 2 N–H and O–H groups in total. The molecule has 0 aromatic carbocycles. The van der Waals surface area contributed by atoms with E-state index in [0.29, 0.717) is 24.3 Å². The van der Waals surface area contributed by atoms with Gasteiger partial charge in [0.15, 0.2) is 0 Å². The minimum Gasteiger partial charge on any atom is -0.347 e. The van der Waals surface area contributed by atoms with Crippen LogP contribution in [0.2, 0.25) is 0 Å². The summed E-state index contributed by atoms with van der Waals surface area (Å²) in [6, 6.07) is 3.11. The van der Waals surface area contributed by atoms with E-state index in [2.05, 4.69) is 19.9 Å². The molecule has 0 radical (unpaired) electrons. The van der Waals surface area contributed by atoms with E-state index in [-0.39, 0.29) is 17.5 Å². The molecule has 0 aliphatic carbocycles. The number of rotatable bonds is 2. The van der Waals surface area contributed by atoms with E-state index in [0.717, 1.165) is 12.4 Å². The summed E-state index contributed by atoms with van der Waals surface area (Å²) in [5.74, 6) is 0.737. The van der Waals surface area contributed by atoms with E-state index in [1.54, 1.807) is 30.3 Å². The van der Waals surface area contributed by atoms with Gasteiger partial charge in [-0.2, -0.15) is 0 Å². The number of nitrogens with zero attached hydrogens (tertiary/aromatic N) is 3. The molecule has 1 saturated heterocycles. The maximum absolute atomic E-state index is 12.7. The molecule has 22 heavy (non-hydrogen) atoms. The van der Waals surface area contributed by atoms with Crippen LogP contribution in [0.15, 0.2) is 29.3 Å². The van der Waals surface area contributed by atoms with Crippen LogP contribution >= 0.6 is 0 Å². The van der Waals surface area contributed by atoms with Crippen molar-refractivity contribution < 1.29 is 4.79 Å². The Morgan fingerprint density at radius 1 is 1.36 bits per heavy atom. The summed E-state index contributed by atoms with van der Waals surface area (Å²) in [7, 11) is 2.02. The summed E-state index contributed by atoms with van der Waals surface area (Å²) in [4.78, 5) is 38.2. The third-order valence-corrected chi connectivity index (χ3v) is 4.00. The smallest absolute Gasteiger partial charge is 0.254 e. The van der Waals surface area contributed by atoms with Gasteiger partial charge in [-0.1, -0.05) is 0 Å². The number of hydrogen-bond acceptors (Lipinski definition) is 4. The zero-order valence-electron chi connectivity index (χ0n) is 12.7. The second-order valence-electron chi connectivity index (χ2n) is 5.64. The van der Waals surface area contributed by atoms with Crippen molar-refractivity contribution in [1.29, 1.82) is 0 Å². The summed E-state index contributed by atoms with van der Waals surface area (Å²) in [6.45, 7) is 3.72. The first-order valence-electron chi connectivity index (χ1n) is 7.24. The van der Waals surface area contributed by atoms with E-state index in [1.165, 1.54) is 6.07 Å². The predicted molar refractivity (Wildman–Crippen MR) is 81.7 cm³/mol. The molecule has 1 aliphatic rings. The van der Waals surface area contributed by atoms with Gasteiger partial charge < -0.3 is 14.9 Å². The maximum Gasteiger partial charge on any atom is 0.254 e. The molecule has 116 valence electrons. The van der Waals surface area contributed by atoms with Crippen LogP contribution in [0.1, 0.15) is 27.9 Å². The van der Waals surface area contributed by atoms with Gasteiger partial charge in [0.05, 0.1) is 6.04 Å². The Balaban J connectivity index is 1.82. The van der Waals surface area contributed by atoms with Crippen LogP contribution in [0.4, 0.5) is 0 Å². The van der Waals surface area contributed by atoms with Gasteiger partial charge in [-0.25, -0.2) is 4.98 Å². The van der Waals surface area contributed by atoms with Gasteiger partial charge in [-0.15, -0.1) is 0 Å². The Bertz CT molecular complexity index is 722. The number of amides is 1. The van der Waals surface area contributed by atoms with Crippen molar-refractivity contribution in [2.75, 3.05) is 26.7 Å². The van der Waals surface area contributed by atoms with Crippen LogP contribution in [0.3, 0.4) is 0 Å². The molecule has 1 fully saturated rings. The lowest BCUT2D eigenvalue weighted by atomic mass is 10.1. The van der Waals surface area contributed by atoms with Crippen molar-refractivity contribution in [1.82, 2.24) is 24.8 Å². The first-order chi connectivity index (χ1) is 10.5. The van der Waals surface area contributed by atoms with Crippen LogP contribution in [0, 0.1) is 6.92 Å². The number of carbonyl (C=O) groups excluding carboxylic acids is 1. The van der Waals surface area contributed by atoms with Crippen molar-refractivity contribution in [3.8, 4) is 0 Å². The Kier molecular flexibility index (Phi) is 3.81. The third kappa shape index (κ3) is 2.80. The number of pyridine rings is 1. The van der Waals surface area contributed by atoms with E-state index in [9.17, 15) is 9.59 Å². The number of piperazine rings is 1. The maximum atomic E-state index is 12.7. The van der Waals surface area contributed by atoms with E-state index < -0.39 is 0 Å². The fourth-order valence-corrected chi connectivity index (χ4v) is 2.80. The van der Waals surface area contributed by atoms with Crippen molar-refractivity contribution in [3.05, 3.63) is 52.0 Å². The number of carbonyl (C=O) groups is 1. The lowest BCUT2D eigenvalue weighted by molar-refractivity contribution is 0.0534. The van der Waals surface area contributed by atoms with Gasteiger partial charge >= 0.3 is 0 Å². The fraction of sp³-hybridized carbons (Fsp3) is 0.400. The second kappa shape index (κ2) is 5.76. The van der Waals surface area contributed by atoms with Gasteiger partial charge in [-0.05, 0) is 20.0 Å². The molecule has 0 saturated carbocycles. The number of aryl methyl sites for hydroxylation is 1. The molecule has 2 aromatic heterocycles. The van der Waals surface area contributed by atoms with E-state index >= 15 is 0 Å². The molecular formula is C15H19N5O2. The Labute approximate surface area is 128 Å². The highest BCUT2D eigenvalue weighted by Crippen LogP contribution is 2.22. The van der Waals surface area contributed by atoms with Gasteiger partial charge in [-0.3, -0.25) is 14.5 Å². The van der Waals surface area contributed by atoms with Crippen molar-refractivity contribution >= 4 is 5.91 Å². The average molecular weight is 301 g/mol. The zero-order valence-corrected chi connectivity index (χ0v) is 12.7. The van der Waals surface area contributed by atoms with E-state index in [1.807, 2.05) is 7.05 Å². The molecule has 3 rings (SSSR count). The SMILES string of the molecule is Cc1cc(C(=O)N2CCN(C)[C@@H](c3ncc[nH]3)C2)cc(=O)[nH]1. The molecule has 3 heterocycles. The molecule has 1 aliphatic heterocycles. The molecular weight excluding hydrogens is 282 g/mol. The summed E-state index contributed by atoms with van der Waals surface area (Å²) in [6.07, 6.45) is 3.49. The first-order valence-corrected chi connectivity index (χ1v) is 7.24. The molecule has 0 spiro atoms. The number of likely N-dealkylation sites (N-methyl/N-ethyl adjacent to an activating group) is 1. The zero-order chi connectivity index (χ0) is 15.7. The Morgan fingerprint density at radius 2 is 2.18 bits per heavy atom. The summed E-state index contributed by atoms with van der Waals surface area (Å²) >= 11 is 0. The largest absolute Gasteiger partial charge is 0.347 e. The first kappa shape index (κ1) is 14.5. The molecule has 0 bridgehead atoms. The monoisotopic (exact) mass is 301 g/mol. The number of nitrogens with one attached hydrogen (secondary N) is 2. The highest BCUT2D eigenvalue weighted by Gasteiger charge is 2.30. The second-order valence-corrected chi connectivity index (χ2v) is 5.64. The minimum absolute atomic E-state index is 0.0378. The number of hydrogen-bond donors (Lipinski definition) is 2. The standard InChI is InChI=1S/C15H19N5O2/c1-10-7-11(8-13(21)18-10)15(22)20-6-5-19(2)12(9-20)14-16-3-4-17-14/h3-4,7-8,12H,5-6,9H2,1-2H3,(H,16,17)(H,18,21)/t12-/m1/s1. The number of imidazole rings is 1. The van der Waals surface area contributed by atoms with Crippen molar-refractivity contribution in [3.63, 3.8) is 0 Å². The quantitative estimate of drug-likeness (QED) is 0.847. The molecule has 2 aromatic rings. The summed E-state index contributed by atoms with van der Waals surface area (Å²) in [5.41, 5.74) is 0.872. The number of H-pyrrole nitrogens is 2. The van der Waals surface area contributed by atoms with Crippen molar-refractivity contribution in [2.24, 2.45) is 0 Å². The van der Waals surface area contributed by atoms with Gasteiger partial charge in [0.25, 0.3) is 5.91 Å². The van der Waals surface area contributed by atoms with Crippen LogP contribution in [0.5, 0.6) is 0 Å². The normalized spacial score (nSPS) is 19.4. The molecule has 1 atom stereocenters. The van der Waals surface area contributed by atoms with Gasteiger partial charge in [0.2, 0.25) is 5.56 Å². The summed E-state index contributed by atoms with van der Waals surface area (Å²) in [5, 5.41) is 0. The van der Waals surface area contributed by atoms with Gasteiger partial charge in [0.1, 0.15) is 5.82 Å². The fourth-order valence-electron chi connectivity index (χ4n) is 2.80. The number of aromatic amines is 2. The number of aromatic nitrogens is 3. The third-order valence-electron chi connectivity index (χ3n) is 4.00. The molecule has 7 heteroatoms. The molecule has 7 nitrogen and oxygen atoms in total. The van der Waals surface area contributed by atoms with E-state index in [4.69, 9.17) is 0 Å². The molecule has 0 unspecified atom stereocenters. The highest BCUT2D eigenvalue weighted by atomic mass is 16.2. The van der Waals surface area contributed by atoms with Gasteiger partial charge in [0, 0.05) is 49.4 Å². The Morgan fingerprint density at radius 3 is 2.86 bits per heavy atom. The lowest BCUT2D eigenvalue weighted by Crippen LogP contribution is -2.49. The minimum atomic E-state index is -0.250.